The lowest BCUT2D eigenvalue weighted by Gasteiger charge is -2.14. The van der Waals surface area contributed by atoms with Gasteiger partial charge in [-0.3, -0.25) is 4.99 Å². The molecule has 0 aromatic heterocycles. The number of nitrogens with two attached hydrogens (primary N) is 1. The Kier molecular flexibility index (Phi) is 4.20. The maximum Gasteiger partial charge on any atom is 0.142 e. The van der Waals surface area contributed by atoms with Crippen molar-refractivity contribution in [2.24, 2.45) is 10.8 Å². The number of nitrogens with zero attached hydrogens (tertiary/aromatic N) is 2. The highest BCUT2D eigenvalue weighted by atomic mass is 15.3. The van der Waals surface area contributed by atoms with Crippen molar-refractivity contribution in [1.82, 2.24) is 5.43 Å². The summed E-state index contributed by atoms with van der Waals surface area (Å²) in [6.45, 7) is 0. The average molecular weight is 246 g/mol. The second-order valence-electron chi connectivity index (χ2n) is 5.00. The van der Waals surface area contributed by atoms with Crippen LogP contribution in [-0.2, 0) is 0 Å². The largest absolute Gasteiger partial charge is 0.378 e. The first-order chi connectivity index (χ1) is 8.70. The minimum Gasteiger partial charge on any atom is -0.378 e. The molecule has 4 nitrogen and oxygen atoms in total. The SMILES string of the molecule is CN(C)c1ccc(C(=NC2CCCC2)NN)cc1. The van der Waals surface area contributed by atoms with Crippen LogP contribution in [-0.4, -0.2) is 26.0 Å². The standard InChI is InChI=1S/C14H22N4/c1-18(2)13-9-7-11(8-10-13)14(17-15)16-12-5-3-4-6-12/h7-10,12H,3-6,15H2,1-2H3,(H,16,17). The Hall–Kier alpha value is -1.55. The van der Waals surface area contributed by atoms with Crippen LogP contribution in [0.4, 0.5) is 5.69 Å². The molecule has 0 unspecified atom stereocenters. The highest BCUT2D eigenvalue weighted by molar-refractivity contribution is 5.98. The Balaban J connectivity index is 2.16. The Labute approximate surface area is 109 Å². The fraction of sp³-hybridized carbons (Fsp3) is 0.500. The quantitative estimate of drug-likeness (QED) is 0.371. The minimum absolute atomic E-state index is 0.435. The van der Waals surface area contributed by atoms with Gasteiger partial charge >= 0.3 is 0 Å². The Morgan fingerprint density at radius 3 is 2.33 bits per heavy atom. The molecule has 98 valence electrons. The van der Waals surface area contributed by atoms with Crippen LogP contribution in [0, 0.1) is 0 Å². The lowest BCUT2D eigenvalue weighted by Crippen LogP contribution is -2.32. The maximum atomic E-state index is 5.59. The molecule has 0 amide bonds. The van der Waals surface area contributed by atoms with E-state index in [1.807, 2.05) is 14.1 Å². The van der Waals surface area contributed by atoms with E-state index in [-0.39, 0.29) is 0 Å². The number of amidine groups is 1. The summed E-state index contributed by atoms with van der Waals surface area (Å²) in [4.78, 5) is 6.78. The predicted molar refractivity (Wildman–Crippen MR) is 76.9 cm³/mol. The molecule has 1 aliphatic carbocycles. The van der Waals surface area contributed by atoms with Gasteiger partial charge in [0.25, 0.3) is 0 Å². The van der Waals surface area contributed by atoms with Gasteiger partial charge in [0.1, 0.15) is 5.84 Å². The zero-order valence-electron chi connectivity index (χ0n) is 11.2. The van der Waals surface area contributed by atoms with E-state index in [1.54, 1.807) is 0 Å². The molecular formula is C14H22N4. The van der Waals surface area contributed by atoms with Gasteiger partial charge in [0.2, 0.25) is 0 Å². The molecule has 3 N–H and O–H groups in total. The summed E-state index contributed by atoms with van der Waals surface area (Å²) in [6, 6.07) is 8.71. The Bertz CT molecular complexity index is 402. The molecule has 0 atom stereocenters. The summed E-state index contributed by atoms with van der Waals surface area (Å²) in [7, 11) is 4.06. The fourth-order valence-corrected chi connectivity index (χ4v) is 2.33. The number of aliphatic imine (C=N–C) groups is 1. The fourth-order valence-electron chi connectivity index (χ4n) is 2.33. The molecule has 0 heterocycles. The van der Waals surface area contributed by atoms with Crippen LogP contribution in [0.3, 0.4) is 0 Å². The van der Waals surface area contributed by atoms with Gasteiger partial charge in [-0.25, -0.2) is 5.84 Å². The van der Waals surface area contributed by atoms with Gasteiger partial charge < -0.3 is 10.3 Å². The van der Waals surface area contributed by atoms with Gasteiger partial charge in [-0.2, -0.15) is 0 Å². The Morgan fingerprint density at radius 2 is 1.83 bits per heavy atom. The van der Waals surface area contributed by atoms with Gasteiger partial charge in [0.05, 0.1) is 6.04 Å². The van der Waals surface area contributed by atoms with Crippen molar-refractivity contribution in [3.8, 4) is 0 Å². The molecule has 0 spiro atoms. The summed E-state index contributed by atoms with van der Waals surface area (Å²) in [6.07, 6.45) is 4.93. The minimum atomic E-state index is 0.435. The van der Waals surface area contributed by atoms with Crippen LogP contribution in [0.5, 0.6) is 0 Å². The molecule has 1 fully saturated rings. The second-order valence-corrected chi connectivity index (χ2v) is 5.00. The molecule has 4 heteroatoms. The number of hydrazine groups is 1. The van der Waals surface area contributed by atoms with Crippen LogP contribution in [0.1, 0.15) is 31.2 Å². The van der Waals surface area contributed by atoms with Crippen LogP contribution in [0.25, 0.3) is 0 Å². The summed E-state index contributed by atoms with van der Waals surface area (Å²) in [5.41, 5.74) is 4.96. The maximum absolute atomic E-state index is 5.59. The van der Waals surface area contributed by atoms with Gasteiger partial charge in [-0.15, -0.1) is 0 Å². The predicted octanol–water partition coefficient (Wildman–Crippen LogP) is 1.91. The molecule has 0 radical (unpaired) electrons. The summed E-state index contributed by atoms with van der Waals surface area (Å²) < 4.78 is 0. The van der Waals surface area contributed by atoms with Crippen LogP contribution < -0.4 is 16.2 Å². The summed E-state index contributed by atoms with van der Waals surface area (Å²) >= 11 is 0. The zero-order valence-corrected chi connectivity index (χ0v) is 11.2. The van der Waals surface area contributed by atoms with Crippen molar-refractivity contribution in [2.45, 2.75) is 31.7 Å². The third-order valence-electron chi connectivity index (χ3n) is 3.43. The summed E-state index contributed by atoms with van der Waals surface area (Å²) in [5, 5.41) is 0. The number of benzene rings is 1. The first kappa shape index (κ1) is 12.9. The Morgan fingerprint density at radius 1 is 1.22 bits per heavy atom. The summed E-state index contributed by atoms with van der Waals surface area (Å²) in [5.74, 6) is 6.39. The molecular weight excluding hydrogens is 224 g/mol. The van der Waals surface area contributed by atoms with Crippen LogP contribution in [0.15, 0.2) is 29.3 Å². The molecule has 1 saturated carbocycles. The number of anilines is 1. The van der Waals surface area contributed by atoms with E-state index < -0.39 is 0 Å². The zero-order chi connectivity index (χ0) is 13.0. The van der Waals surface area contributed by atoms with Crippen molar-refractivity contribution >= 4 is 11.5 Å². The normalized spacial score (nSPS) is 16.9. The highest BCUT2D eigenvalue weighted by Gasteiger charge is 2.15. The molecule has 1 aliphatic rings. The van der Waals surface area contributed by atoms with E-state index in [0.717, 1.165) is 11.4 Å². The molecule has 18 heavy (non-hydrogen) atoms. The van der Waals surface area contributed by atoms with Crippen molar-refractivity contribution in [3.63, 3.8) is 0 Å². The molecule has 2 rings (SSSR count). The van der Waals surface area contributed by atoms with E-state index >= 15 is 0 Å². The smallest absolute Gasteiger partial charge is 0.142 e. The van der Waals surface area contributed by atoms with Crippen molar-refractivity contribution in [2.75, 3.05) is 19.0 Å². The average Bonchev–Trinajstić information content (AvgIpc) is 2.89. The van der Waals surface area contributed by atoms with Crippen LogP contribution >= 0.6 is 0 Å². The van der Waals surface area contributed by atoms with Crippen molar-refractivity contribution < 1.29 is 0 Å². The van der Waals surface area contributed by atoms with E-state index in [9.17, 15) is 0 Å². The molecule has 0 aliphatic heterocycles. The topological polar surface area (TPSA) is 53.6 Å². The second kappa shape index (κ2) is 5.87. The van der Waals surface area contributed by atoms with E-state index in [0.29, 0.717) is 6.04 Å². The number of rotatable bonds is 3. The third kappa shape index (κ3) is 3.01. The lowest BCUT2D eigenvalue weighted by atomic mass is 10.1. The van der Waals surface area contributed by atoms with Gasteiger partial charge in [0, 0.05) is 25.3 Å². The monoisotopic (exact) mass is 246 g/mol. The van der Waals surface area contributed by atoms with Gasteiger partial charge in [-0.05, 0) is 37.1 Å². The van der Waals surface area contributed by atoms with E-state index in [2.05, 4.69) is 34.6 Å². The first-order valence-corrected chi connectivity index (χ1v) is 6.53. The lowest BCUT2D eigenvalue weighted by molar-refractivity contribution is 0.701. The first-order valence-electron chi connectivity index (χ1n) is 6.53. The van der Waals surface area contributed by atoms with Crippen molar-refractivity contribution in [1.29, 1.82) is 0 Å². The van der Waals surface area contributed by atoms with Gasteiger partial charge in [-0.1, -0.05) is 12.8 Å². The van der Waals surface area contributed by atoms with Crippen LogP contribution in [0.2, 0.25) is 0 Å². The molecule has 0 saturated heterocycles. The van der Waals surface area contributed by atoms with Gasteiger partial charge in [0.15, 0.2) is 0 Å². The molecule has 0 bridgehead atoms. The van der Waals surface area contributed by atoms with Crippen molar-refractivity contribution in [3.05, 3.63) is 29.8 Å². The molecule has 1 aromatic carbocycles. The number of hydrogen-bond donors (Lipinski definition) is 2. The highest BCUT2D eigenvalue weighted by Crippen LogP contribution is 2.21. The third-order valence-corrected chi connectivity index (χ3v) is 3.43. The van der Waals surface area contributed by atoms with E-state index in [1.165, 1.54) is 31.4 Å². The number of hydrogen-bond acceptors (Lipinski definition) is 3. The molecule has 1 aromatic rings. The van der Waals surface area contributed by atoms with E-state index in [4.69, 9.17) is 10.8 Å². The number of nitrogens with one attached hydrogen (secondary N) is 1.